The van der Waals surface area contributed by atoms with Crippen molar-refractivity contribution in [3.63, 3.8) is 0 Å². The summed E-state index contributed by atoms with van der Waals surface area (Å²) in [7, 11) is 5.47. The number of benzene rings is 3. The zero-order chi connectivity index (χ0) is 46.2. The van der Waals surface area contributed by atoms with Gasteiger partial charge in [0.15, 0.2) is 0 Å². The minimum Gasteiger partial charge on any atom is -0.453 e. The number of nitrogens with one attached hydrogen (secondary N) is 4. The van der Waals surface area contributed by atoms with E-state index in [0.717, 1.165) is 77.3 Å². The summed E-state index contributed by atoms with van der Waals surface area (Å²) in [5.74, 6) is 0.907. The molecule has 4 fully saturated rings. The van der Waals surface area contributed by atoms with Crippen molar-refractivity contribution in [2.75, 3.05) is 53.0 Å². The molecule has 350 valence electrons. The van der Waals surface area contributed by atoms with Gasteiger partial charge in [0.2, 0.25) is 11.8 Å². The van der Waals surface area contributed by atoms with Crippen molar-refractivity contribution in [1.82, 2.24) is 40.4 Å². The van der Waals surface area contributed by atoms with E-state index in [9.17, 15) is 19.2 Å². The number of amides is 4. The van der Waals surface area contributed by atoms with Gasteiger partial charge in [-0.05, 0) is 117 Å². The molecule has 5 aromatic rings. The van der Waals surface area contributed by atoms with Crippen LogP contribution in [0.3, 0.4) is 0 Å². The second-order valence-electron chi connectivity index (χ2n) is 17.9. The summed E-state index contributed by atoms with van der Waals surface area (Å²) in [6.45, 7) is 2.73. The molecule has 0 radical (unpaired) electrons. The lowest BCUT2D eigenvalue weighted by Crippen LogP contribution is -2.54. The monoisotopic (exact) mass is 907 g/mol. The Bertz CT molecular complexity index is 2610. The minimum absolute atomic E-state index is 0.00413. The summed E-state index contributed by atoms with van der Waals surface area (Å²) >= 11 is 0. The number of alkyl carbamates (subject to hydrolysis) is 2. The fourth-order valence-corrected chi connectivity index (χ4v) is 10.3. The van der Waals surface area contributed by atoms with E-state index in [1.807, 2.05) is 18.2 Å². The summed E-state index contributed by atoms with van der Waals surface area (Å²) in [6.07, 6.45) is 4.55. The molecule has 2 aromatic heterocycles. The van der Waals surface area contributed by atoms with Crippen LogP contribution in [-0.2, 0) is 28.5 Å². The Kier molecular flexibility index (Phi) is 12.9. The number of rotatable bonds is 14. The van der Waals surface area contributed by atoms with Crippen LogP contribution in [0.4, 0.5) is 19.7 Å². The van der Waals surface area contributed by atoms with Crippen LogP contribution in [0.1, 0.15) is 117 Å². The summed E-state index contributed by atoms with van der Waals surface area (Å²) in [6, 6.07) is 15.1. The number of methoxy groups -OCH3 is 4. The van der Waals surface area contributed by atoms with Gasteiger partial charge in [0.05, 0.1) is 78.9 Å². The molecule has 1 aliphatic carbocycles. The number of halogens is 1. The van der Waals surface area contributed by atoms with E-state index in [0.29, 0.717) is 49.2 Å². The number of H-pyrrole nitrogens is 2. The number of hydrogen-bond acceptors (Lipinski definition) is 11. The number of nitrogens with zero attached hydrogens (tertiary/aromatic N) is 5. The van der Waals surface area contributed by atoms with Crippen molar-refractivity contribution < 1.29 is 42.5 Å². The molecule has 9 rings (SSSR count). The van der Waals surface area contributed by atoms with Gasteiger partial charge < -0.3 is 54.2 Å². The van der Waals surface area contributed by atoms with Gasteiger partial charge in [-0.1, -0.05) is 18.2 Å². The fraction of sp³-hybridized carbons (Fsp3) is 0.500. The van der Waals surface area contributed by atoms with E-state index in [1.165, 1.54) is 28.4 Å². The van der Waals surface area contributed by atoms with Gasteiger partial charge in [0, 0.05) is 27.3 Å². The van der Waals surface area contributed by atoms with Gasteiger partial charge in [-0.2, -0.15) is 0 Å². The molecule has 0 unspecified atom stereocenters. The van der Waals surface area contributed by atoms with Crippen LogP contribution in [0.2, 0.25) is 0 Å². The van der Waals surface area contributed by atoms with Crippen LogP contribution in [0.5, 0.6) is 0 Å². The van der Waals surface area contributed by atoms with E-state index in [2.05, 4.69) is 55.8 Å². The molecule has 3 saturated heterocycles. The molecular formula is C48H58FN9O8. The third kappa shape index (κ3) is 8.75. The molecule has 0 spiro atoms. The summed E-state index contributed by atoms with van der Waals surface area (Å²) in [5, 5.41) is 5.24. The first-order valence-corrected chi connectivity index (χ1v) is 22.9. The lowest BCUT2D eigenvalue weighted by molar-refractivity contribution is -0.137. The van der Waals surface area contributed by atoms with Crippen LogP contribution in [-0.4, -0.2) is 120 Å². The van der Waals surface area contributed by atoms with E-state index < -0.39 is 30.4 Å². The lowest BCUT2D eigenvalue weighted by atomic mass is 10.0. The van der Waals surface area contributed by atoms with Crippen LogP contribution in [0.25, 0.3) is 22.1 Å². The van der Waals surface area contributed by atoms with Gasteiger partial charge in [0.1, 0.15) is 29.5 Å². The van der Waals surface area contributed by atoms with Gasteiger partial charge in [-0.3, -0.25) is 9.59 Å². The number of carbonyl (C=O) groups excluding carboxylic acids is 4. The van der Waals surface area contributed by atoms with Gasteiger partial charge in [-0.15, -0.1) is 0 Å². The third-order valence-electron chi connectivity index (χ3n) is 13.9. The summed E-state index contributed by atoms with van der Waals surface area (Å²) < 4.78 is 36.8. The Labute approximate surface area is 382 Å². The zero-order valence-corrected chi connectivity index (χ0v) is 38.0. The van der Waals surface area contributed by atoms with Gasteiger partial charge in [-0.25, -0.2) is 23.9 Å². The average Bonchev–Trinajstić information content (AvgIpc) is 3.86. The Morgan fingerprint density at radius 1 is 0.697 bits per heavy atom. The topological polar surface area (TPSA) is 196 Å². The number of anilines is 1. The van der Waals surface area contributed by atoms with Crippen molar-refractivity contribution in [1.29, 1.82) is 0 Å². The van der Waals surface area contributed by atoms with Gasteiger partial charge in [0.25, 0.3) is 0 Å². The normalized spacial score (nSPS) is 22.2. The van der Waals surface area contributed by atoms with E-state index in [-0.39, 0.29) is 48.4 Å². The Morgan fingerprint density at radius 3 is 1.76 bits per heavy atom. The highest BCUT2D eigenvalue weighted by molar-refractivity contribution is 5.88. The van der Waals surface area contributed by atoms with Crippen molar-refractivity contribution in [3.05, 3.63) is 88.8 Å². The van der Waals surface area contributed by atoms with Crippen molar-refractivity contribution >= 4 is 51.8 Å². The smallest absolute Gasteiger partial charge is 0.407 e. The maximum absolute atomic E-state index is 16.5. The maximum atomic E-state index is 16.5. The first-order chi connectivity index (χ1) is 32.0. The van der Waals surface area contributed by atoms with E-state index in [1.54, 1.807) is 22.8 Å². The largest absolute Gasteiger partial charge is 0.453 e. The van der Waals surface area contributed by atoms with E-state index >= 15 is 4.39 Å². The van der Waals surface area contributed by atoms with Crippen molar-refractivity contribution in [3.8, 4) is 0 Å². The third-order valence-corrected chi connectivity index (χ3v) is 13.9. The minimum atomic E-state index is -0.944. The standard InChI is InChI=1S/C48H58FN9O8/c1-26(64-3)42(55-48(62)66-5)46(60)57-21-7-9-41(57)44-51-33-16-13-30(24-35(33)53-44)38-19-18-37(58(38)39-17-14-28(22-31(39)49)27-10-11-27)29-12-15-32-34(23-29)52-43(50-32)40-8-6-20-56(40)45(59)36(25-63-2)54-47(61)65-4/h12-17,22-24,26-27,36-38,40-42H,6-11,18-21,25H2,1-5H3,(H,50,52)(H,51,53)(H,54,61)(H,55,62)/t26-,36+,37+,38+,40+,41+,42+/m1/s1. The summed E-state index contributed by atoms with van der Waals surface area (Å²) in [5.41, 5.74) is 6.66. The average molecular weight is 908 g/mol. The van der Waals surface area contributed by atoms with Crippen LogP contribution in [0.15, 0.2) is 54.6 Å². The molecule has 4 aliphatic rings. The van der Waals surface area contributed by atoms with Gasteiger partial charge >= 0.3 is 12.2 Å². The molecule has 3 aliphatic heterocycles. The van der Waals surface area contributed by atoms with Crippen molar-refractivity contribution in [2.45, 2.75) is 107 Å². The molecule has 7 atom stereocenters. The molecule has 18 heteroatoms. The number of carbonyl (C=O) groups is 4. The highest BCUT2D eigenvalue weighted by atomic mass is 19.1. The van der Waals surface area contributed by atoms with Crippen LogP contribution in [0, 0.1) is 5.82 Å². The van der Waals surface area contributed by atoms with Crippen LogP contribution < -0.4 is 15.5 Å². The zero-order valence-electron chi connectivity index (χ0n) is 38.0. The number of hydrogen-bond donors (Lipinski definition) is 4. The molecule has 4 N–H and O–H groups in total. The highest BCUT2D eigenvalue weighted by Gasteiger charge is 2.41. The number of ether oxygens (including phenoxy) is 4. The molecule has 17 nitrogen and oxygen atoms in total. The molecule has 3 aromatic carbocycles. The Balaban J connectivity index is 1.01. The SMILES string of the molecule is COC[C@H](NC(=O)OC)C(=O)N1CCC[C@H]1c1nc2cc([C@@H]3CC[C@@H](c4ccc5[nH]c([C@@H]6CCCN6C(=O)[C@@H](NC(=O)OC)[C@@H](C)OC)nc5c4)N3c3ccc(C4CC4)cc3F)ccc2[nH]1. The molecule has 0 bridgehead atoms. The number of likely N-dealkylation sites (tertiary alicyclic amines) is 2. The first-order valence-electron chi connectivity index (χ1n) is 22.9. The van der Waals surface area contributed by atoms with Crippen LogP contribution >= 0.6 is 0 Å². The number of imidazole rings is 2. The maximum Gasteiger partial charge on any atom is 0.407 e. The number of aromatic amines is 2. The highest BCUT2D eigenvalue weighted by Crippen LogP contribution is 2.50. The fourth-order valence-electron chi connectivity index (χ4n) is 10.3. The predicted octanol–water partition coefficient (Wildman–Crippen LogP) is 7.00. The Hall–Kier alpha value is -6.27. The number of aromatic nitrogens is 4. The quantitative estimate of drug-likeness (QED) is 0.0896. The second kappa shape index (κ2) is 18.9. The molecule has 5 heterocycles. The molecule has 66 heavy (non-hydrogen) atoms. The first kappa shape index (κ1) is 44.9. The lowest BCUT2D eigenvalue weighted by Gasteiger charge is -2.33. The molecular weight excluding hydrogens is 850 g/mol. The second-order valence-corrected chi connectivity index (χ2v) is 17.9. The van der Waals surface area contributed by atoms with Crippen molar-refractivity contribution in [2.24, 2.45) is 0 Å². The van der Waals surface area contributed by atoms with E-state index in [4.69, 9.17) is 28.9 Å². The predicted molar refractivity (Wildman–Crippen MR) is 242 cm³/mol. The molecule has 1 saturated carbocycles. The molecule has 4 amide bonds. The summed E-state index contributed by atoms with van der Waals surface area (Å²) in [4.78, 5) is 74.7. The number of fused-ring (bicyclic) bond motifs is 2. The Morgan fingerprint density at radius 2 is 1.24 bits per heavy atom.